The number of Topliss-reactive ketones (excluding diaryl/α,β-unsaturated/α-hetero) is 1. The maximum absolute atomic E-state index is 12.4. The number of carbonyl (C=O) groups excluding carboxylic acids is 1. The third kappa shape index (κ3) is 6.02. The molecule has 0 radical (unpaired) electrons. The van der Waals surface area contributed by atoms with Crippen molar-refractivity contribution in [2.75, 3.05) is 0 Å². The Morgan fingerprint density at radius 2 is 1.61 bits per heavy atom. The zero-order valence-electron chi connectivity index (χ0n) is 17.7. The minimum absolute atomic E-state index is 0.0208. The molecule has 3 rings (SSSR count). The number of aromatic hydroxyl groups is 1. The first-order valence-electron chi connectivity index (χ1n) is 9.91. The quantitative estimate of drug-likeness (QED) is 0.514. The van der Waals surface area contributed by atoms with Gasteiger partial charge in [0.1, 0.15) is 23.2 Å². The summed E-state index contributed by atoms with van der Waals surface area (Å²) in [6.07, 6.45) is 0.126. The number of benzene rings is 2. The Kier molecular flexibility index (Phi) is 8.10. The largest absolute Gasteiger partial charge is 0.507 e. The molecule has 2 atom stereocenters. The molecule has 3 aromatic rings. The SMILES string of the molecule is CC(=O)CC(c1ccccc1)c1c(O)c2ccccc2oc1=O.CC(C)[C@H](N)C(=O)O. The van der Waals surface area contributed by atoms with Crippen molar-refractivity contribution in [2.24, 2.45) is 11.7 Å². The van der Waals surface area contributed by atoms with Gasteiger partial charge in [0.15, 0.2) is 0 Å². The maximum Gasteiger partial charge on any atom is 0.343 e. The predicted octanol–water partition coefficient (Wildman–Crippen LogP) is 3.66. The molecule has 4 N–H and O–H groups in total. The fourth-order valence-corrected chi connectivity index (χ4v) is 3.10. The van der Waals surface area contributed by atoms with E-state index in [-0.39, 0.29) is 29.4 Å². The number of aliphatic carboxylic acids is 1. The van der Waals surface area contributed by atoms with Gasteiger partial charge in [-0.15, -0.1) is 0 Å². The molecule has 0 aliphatic heterocycles. The molecule has 0 aliphatic rings. The van der Waals surface area contributed by atoms with Gasteiger partial charge in [-0.2, -0.15) is 0 Å². The second-order valence-electron chi connectivity index (χ2n) is 7.63. The van der Waals surface area contributed by atoms with E-state index in [1.54, 1.807) is 38.1 Å². The summed E-state index contributed by atoms with van der Waals surface area (Å²) in [6.45, 7) is 5.02. The first-order chi connectivity index (χ1) is 14.6. The lowest BCUT2D eigenvalue weighted by atomic mass is 9.87. The van der Waals surface area contributed by atoms with Crippen LogP contribution in [0.5, 0.6) is 5.75 Å². The number of rotatable bonds is 6. The van der Waals surface area contributed by atoms with Crippen LogP contribution in [0.25, 0.3) is 11.0 Å². The number of carboxylic acid groups (broad SMARTS) is 1. The molecule has 0 spiro atoms. The molecule has 2 aromatic carbocycles. The van der Waals surface area contributed by atoms with Crippen molar-refractivity contribution < 1.29 is 24.2 Å². The number of hydrogen-bond acceptors (Lipinski definition) is 6. The van der Waals surface area contributed by atoms with E-state index < -0.39 is 23.6 Å². The van der Waals surface area contributed by atoms with Crippen LogP contribution in [0.15, 0.2) is 63.8 Å². The molecule has 0 bridgehead atoms. The summed E-state index contributed by atoms with van der Waals surface area (Å²) in [6, 6.07) is 15.3. The first kappa shape index (κ1) is 23.8. The van der Waals surface area contributed by atoms with Crippen LogP contribution in [0, 0.1) is 5.92 Å². The average molecular weight is 425 g/mol. The van der Waals surface area contributed by atoms with Crippen LogP contribution in [0.2, 0.25) is 0 Å². The van der Waals surface area contributed by atoms with Gasteiger partial charge in [-0.05, 0) is 30.5 Å². The highest BCUT2D eigenvalue weighted by molar-refractivity contribution is 5.85. The Morgan fingerprint density at radius 3 is 2.13 bits per heavy atom. The van der Waals surface area contributed by atoms with Gasteiger partial charge in [-0.1, -0.05) is 56.3 Å². The maximum atomic E-state index is 12.4. The number of para-hydroxylation sites is 1. The topological polar surface area (TPSA) is 131 Å². The number of hydrogen-bond donors (Lipinski definition) is 3. The van der Waals surface area contributed by atoms with Crippen molar-refractivity contribution in [3.8, 4) is 5.75 Å². The summed E-state index contributed by atoms with van der Waals surface area (Å²) in [5.74, 6) is -1.63. The van der Waals surface area contributed by atoms with E-state index in [2.05, 4.69) is 0 Å². The van der Waals surface area contributed by atoms with Crippen LogP contribution < -0.4 is 11.4 Å². The third-order valence-electron chi connectivity index (χ3n) is 4.87. The van der Waals surface area contributed by atoms with Gasteiger partial charge in [-0.25, -0.2) is 4.79 Å². The number of ketones is 1. The molecule has 7 heteroatoms. The lowest BCUT2D eigenvalue weighted by Crippen LogP contribution is -2.34. The van der Waals surface area contributed by atoms with E-state index in [0.29, 0.717) is 11.0 Å². The molecular formula is C24H27NO6. The Labute approximate surface area is 180 Å². The van der Waals surface area contributed by atoms with Crippen LogP contribution in [0.4, 0.5) is 0 Å². The molecule has 7 nitrogen and oxygen atoms in total. The first-order valence-corrected chi connectivity index (χ1v) is 9.91. The smallest absolute Gasteiger partial charge is 0.343 e. The Hall–Kier alpha value is -3.45. The van der Waals surface area contributed by atoms with Gasteiger partial charge in [-0.3, -0.25) is 9.59 Å². The van der Waals surface area contributed by atoms with Crippen LogP contribution in [-0.4, -0.2) is 28.0 Å². The van der Waals surface area contributed by atoms with E-state index in [1.807, 2.05) is 30.3 Å². The molecule has 164 valence electrons. The molecular weight excluding hydrogens is 398 g/mol. The van der Waals surface area contributed by atoms with Crippen molar-refractivity contribution in [1.29, 1.82) is 0 Å². The molecule has 0 saturated heterocycles. The summed E-state index contributed by atoms with van der Waals surface area (Å²) >= 11 is 0. The van der Waals surface area contributed by atoms with Gasteiger partial charge >= 0.3 is 11.6 Å². The number of nitrogens with two attached hydrogens (primary N) is 1. The summed E-state index contributed by atoms with van der Waals surface area (Å²) < 4.78 is 5.33. The van der Waals surface area contributed by atoms with Gasteiger partial charge in [0.25, 0.3) is 0 Å². The molecule has 1 unspecified atom stereocenters. The molecule has 1 heterocycles. The number of carbonyl (C=O) groups is 2. The highest BCUT2D eigenvalue weighted by Gasteiger charge is 2.25. The third-order valence-corrected chi connectivity index (χ3v) is 4.87. The van der Waals surface area contributed by atoms with Crippen molar-refractivity contribution in [3.05, 3.63) is 76.1 Å². The highest BCUT2D eigenvalue weighted by atomic mass is 16.4. The summed E-state index contributed by atoms with van der Waals surface area (Å²) in [7, 11) is 0. The molecule has 0 saturated carbocycles. The van der Waals surface area contributed by atoms with E-state index in [9.17, 15) is 19.5 Å². The van der Waals surface area contributed by atoms with Crippen LogP contribution in [-0.2, 0) is 9.59 Å². The van der Waals surface area contributed by atoms with Crippen molar-refractivity contribution in [1.82, 2.24) is 0 Å². The van der Waals surface area contributed by atoms with Crippen molar-refractivity contribution in [2.45, 2.75) is 39.2 Å². The minimum Gasteiger partial charge on any atom is -0.507 e. The van der Waals surface area contributed by atoms with Crippen LogP contribution >= 0.6 is 0 Å². The Balaban J connectivity index is 0.000000366. The minimum atomic E-state index is -0.931. The molecule has 0 amide bonds. The van der Waals surface area contributed by atoms with E-state index >= 15 is 0 Å². The zero-order valence-corrected chi connectivity index (χ0v) is 17.7. The monoisotopic (exact) mass is 425 g/mol. The van der Waals surface area contributed by atoms with Crippen molar-refractivity contribution in [3.63, 3.8) is 0 Å². The highest BCUT2D eigenvalue weighted by Crippen LogP contribution is 2.35. The molecule has 31 heavy (non-hydrogen) atoms. The summed E-state index contributed by atoms with van der Waals surface area (Å²) in [5.41, 5.74) is 5.79. The predicted molar refractivity (Wildman–Crippen MR) is 118 cm³/mol. The van der Waals surface area contributed by atoms with Crippen LogP contribution in [0.1, 0.15) is 44.2 Å². The fourth-order valence-electron chi connectivity index (χ4n) is 3.10. The Morgan fingerprint density at radius 1 is 1.03 bits per heavy atom. The average Bonchev–Trinajstić information content (AvgIpc) is 2.73. The van der Waals surface area contributed by atoms with E-state index in [0.717, 1.165) is 5.56 Å². The van der Waals surface area contributed by atoms with E-state index in [4.69, 9.17) is 15.3 Å². The lowest BCUT2D eigenvalue weighted by molar-refractivity contribution is -0.139. The molecule has 1 aromatic heterocycles. The van der Waals surface area contributed by atoms with Gasteiger partial charge in [0, 0.05) is 12.3 Å². The zero-order chi connectivity index (χ0) is 23.1. The van der Waals surface area contributed by atoms with Gasteiger partial charge < -0.3 is 20.4 Å². The Bertz CT molecular complexity index is 1100. The van der Waals surface area contributed by atoms with Gasteiger partial charge in [0.05, 0.1) is 10.9 Å². The fraction of sp³-hybridized carbons (Fsp3) is 0.292. The number of carboxylic acids is 1. The van der Waals surface area contributed by atoms with E-state index in [1.165, 1.54) is 6.92 Å². The summed E-state index contributed by atoms with van der Waals surface area (Å²) in [5, 5.41) is 19.3. The van der Waals surface area contributed by atoms with Crippen molar-refractivity contribution >= 4 is 22.7 Å². The summed E-state index contributed by atoms with van der Waals surface area (Å²) in [4.78, 5) is 34.1. The standard InChI is InChI=1S/C19H16O4.C5H11NO2/c1-12(20)11-15(13-7-3-2-4-8-13)17-18(21)14-9-5-6-10-16(14)23-19(17)22;1-3(2)4(6)5(7)8/h2-10,15,21H,11H2,1H3;3-4H,6H2,1-2H3,(H,7,8)/t;4-/m.0/s1. The normalized spacial score (nSPS) is 12.7. The molecule has 0 aliphatic carbocycles. The number of fused-ring (bicyclic) bond motifs is 1. The molecule has 0 fully saturated rings. The second-order valence-corrected chi connectivity index (χ2v) is 7.63. The van der Waals surface area contributed by atoms with Gasteiger partial charge in [0.2, 0.25) is 0 Å². The second kappa shape index (κ2) is 10.5. The lowest BCUT2D eigenvalue weighted by Gasteiger charge is -2.17. The van der Waals surface area contributed by atoms with Crippen LogP contribution in [0.3, 0.4) is 0 Å².